The number of ether oxygens (including phenoxy) is 2. The predicted octanol–water partition coefficient (Wildman–Crippen LogP) is -1.73. The van der Waals surface area contributed by atoms with Crippen LogP contribution < -0.4 is 130 Å². The van der Waals surface area contributed by atoms with Gasteiger partial charge in [0.15, 0.2) is 0 Å². The van der Waals surface area contributed by atoms with Gasteiger partial charge in [-0.25, -0.2) is 9.59 Å². The fraction of sp³-hybridized carbons (Fsp3) is 0.742. The summed E-state index contributed by atoms with van der Waals surface area (Å²) in [6, 6.07) is 1.75. The number of hydrogen-bond acceptors (Lipinski definition) is 10. The van der Waals surface area contributed by atoms with Gasteiger partial charge in [-0.2, -0.15) is 5.26 Å². The van der Waals surface area contributed by atoms with E-state index in [1.807, 2.05) is 41.5 Å². The van der Waals surface area contributed by atoms with E-state index < -0.39 is 11.2 Å². The normalized spacial score (nSPS) is 8.93. The van der Waals surface area contributed by atoms with Crippen LogP contribution >= 0.6 is 11.6 Å². The minimum absolute atomic E-state index is 0. The van der Waals surface area contributed by atoms with Crippen LogP contribution in [0.4, 0.5) is 9.59 Å². The predicted molar refractivity (Wildman–Crippen MR) is 175 cm³/mol. The number of nitrogens with zero attached hydrogens (tertiary/aromatic N) is 1. The van der Waals surface area contributed by atoms with E-state index >= 15 is 0 Å². The SMILES string of the molecule is C#CCCl.C#CCNCCCCCCNC(=O)OC(C)(C)C.CC#N.CC(C)(C)OC(=O)NCCCCCCN.O=CO[O-].[H-].[K+].[K+]. The van der Waals surface area contributed by atoms with Gasteiger partial charge < -0.3 is 42.7 Å². The molecule has 0 spiro atoms. The summed E-state index contributed by atoms with van der Waals surface area (Å²) >= 11 is 4.95. The summed E-state index contributed by atoms with van der Waals surface area (Å²) in [6.45, 7) is 16.1. The third kappa shape index (κ3) is 84.7. The summed E-state index contributed by atoms with van der Waals surface area (Å²) in [5.74, 6) is 5.05. The van der Waals surface area contributed by atoms with E-state index in [1.165, 1.54) is 6.92 Å². The van der Waals surface area contributed by atoms with Gasteiger partial charge >= 0.3 is 115 Å². The molecule has 46 heavy (non-hydrogen) atoms. The minimum Gasteiger partial charge on any atom is -1.00 e. The van der Waals surface area contributed by atoms with Gasteiger partial charge in [0.2, 0.25) is 0 Å². The number of alkyl carbamates (subject to hydrolysis) is 2. The molecule has 0 aromatic carbocycles. The molecule has 12 nitrogen and oxygen atoms in total. The van der Waals surface area contributed by atoms with Crippen molar-refractivity contribution >= 4 is 30.3 Å². The van der Waals surface area contributed by atoms with Crippen LogP contribution in [0.3, 0.4) is 0 Å². The Morgan fingerprint density at radius 1 is 0.848 bits per heavy atom. The first-order valence-electron chi connectivity index (χ1n) is 14.5. The largest absolute Gasteiger partial charge is 1.00 e. The summed E-state index contributed by atoms with van der Waals surface area (Å²) < 4.78 is 10.2. The number of alkyl halides is 1. The second-order valence-electron chi connectivity index (χ2n) is 10.6. The zero-order valence-corrected chi connectivity index (χ0v) is 36.9. The Hall–Kier alpha value is 0.0627. The minimum atomic E-state index is -0.424. The topological polar surface area (TPSA) is 188 Å². The van der Waals surface area contributed by atoms with Gasteiger partial charge in [0.1, 0.15) is 11.2 Å². The summed E-state index contributed by atoms with van der Waals surface area (Å²) in [7, 11) is 0. The number of rotatable bonds is 15. The maximum atomic E-state index is 11.3. The maximum absolute atomic E-state index is 11.3. The van der Waals surface area contributed by atoms with E-state index in [2.05, 4.69) is 39.1 Å². The van der Waals surface area contributed by atoms with Crippen molar-refractivity contribution in [3.63, 3.8) is 0 Å². The molecule has 0 saturated heterocycles. The van der Waals surface area contributed by atoms with Gasteiger partial charge in [0.25, 0.3) is 6.47 Å². The molecule has 5 N–H and O–H groups in total. The maximum Gasteiger partial charge on any atom is 1.00 e. The van der Waals surface area contributed by atoms with Crippen LogP contribution in [0.25, 0.3) is 0 Å². The average molecular weight is 726 g/mol. The molecule has 0 rings (SSSR count). The first kappa shape index (κ1) is 61.3. The van der Waals surface area contributed by atoms with Gasteiger partial charge in [0, 0.05) is 20.0 Å². The van der Waals surface area contributed by atoms with Crippen molar-refractivity contribution in [1.82, 2.24) is 16.0 Å². The van der Waals surface area contributed by atoms with Crippen LogP contribution in [0.15, 0.2) is 0 Å². The Morgan fingerprint density at radius 2 is 1.17 bits per heavy atom. The Bertz CT molecular complexity index is 800. The zero-order chi connectivity index (χ0) is 35.1. The van der Waals surface area contributed by atoms with Crippen LogP contribution in [0.1, 0.15) is 101 Å². The fourth-order valence-corrected chi connectivity index (χ4v) is 2.52. The molecule has 0 fully saturated rings. The first-order valence-corrected chi connectivity index (χ1v) is 15.0. The number of amides is 2. The number of carbonyl (C=O) groups is 3. The summed E-state index contributed by atoms with van der Waals surface area (Å²) in [5.41, 5.74) is 4.53. The molecule has 0 aliphatic carbocycles. The Labute approximate surface area is 370 Å². The number of carbonyl (C=O) groups excluding carboxylic acids is 3. The second-order valence-corrected chi connectivity index (χ2v) is 10.9. The van der Waals surface area contributed by atoms with Crippen molar-refractivity contribution in [2.45, 2.75) is 111 Å². The van der Waals surface area contributed by atoms with Crippen LogP contribution in [-0.2, 0) is 19.2 Å². The Balaban J connectivity index is -0.0000000786. The summed E-state index contributed by atoms with van der Waals surface area (Å²) in [6.07, 6.45) is 17.7. The number of hydrogen-bond donors (Lipinski definition) is 4. The van der Waals surface area contributed by atoms with Crippen molar-refractivity contribution in [2.75, 3.05) is 38.6 Å². The van der Waals surface area contributed by atoms with Crippen LogP contribution in [0.2, 0.25) is 0 Å². The number of terminal acetylenes is 2. The van der Waals surface area contributed by atoms with Crippen molar-refractivity contribution < 1.29 is 138 Å². The molecule has 0 unspecified atom stereocenters. The first-order chi connectivity index (χ1) is 20.7. The molecule has 258 valence electrons. The van der Waals surface area contributed by atoms with E-state index in [-0.39, 0.29) is 123 Å². The van der Waals surface area contributed by atoms with Crippen LogP contribution in [0.5, 0.6) is 0 Å². The second kappa shape index (κ2) is 49.4. The molecule has 0 radical (unpaired) electrons. The quantitative estimate of drug-likeness (QED) is 0.0287. The van der Waals surface area contributed by atoms with E-state index in [0.717, 1.165) is 64.5 Å². The van der Waals surface area contributed by atoms with E-state index in [9.17, 15) is 9.59 Å². The van der Waals surface area contributed by atoms with Crippen molar-refractivity contribution in [2.24, 2.45) is 5.73 Å². The molecule has 0 heterocycles. The van der Waals surface area contributed by atoms with E-state index in [4.69, 9.17) is 48.5 Å². The van der Waals surface area contributed by atoms with Crippen molar-refractivity contribution in [1.29, 1.82) is 5.26 Å². The Morgan fingerprint density at radius 3 is 1.43 bits per heavy atom. The smallest absolute Gasteiger partial charge is 1.00 e. The fourth-order valence-electron chi connectivity index (χ4n) is 2.52. The van der Waals surface area contributed by atoms with Crippen LogP contribution in [0, 0.1) is 36.0 Å². The molecule has 15 heteroatoms. The molecular weight excluding hydrogens is 668 g/mol. The van der Waals surface area contributed by atoms with E-state index in [0.29, 0.717) is 25.5 Å². The van der Waals surface area contributed by atoms with Gasteiger partial charge in [-0.3, -0.25) is 4.79 Å². The number of halogens is 1. The summed E-state index contributed by atoms with van der Waals surface area (Å²) in [5, 5.41) is 24.4. The molecule has 0 saturated carbocycles. The number of nitrogens with one attached hydrogen (secondary N) is 3. The van der Waals surface area contributed by atoms with E-state index in [1.54, 1.807) is 6.07 Å². The van der Waals surface area contributed by atoms with Gasteiger partial charge in [-0.1, -0.05) is 37.5 Å². The number of unbranched alkanes of at least 4 members (excludes halogenated alkanes) is 6. The third-order valence-electron chi connectivity index (χ3n) is 4.09. The molecule has 0 aromatic heterocycles. The van der Waals surface area contributed by atoms with Gasteiger partial charge in [-0.05, 0) is 80.3 Å². The molecular formula is C31H58ClK2N5O7. The third-order valence-corrected chi connectivity index (χ3v) is 4.25. The summed E-state index contributed by atoms with van der Waals surface area (Å²) in [4.78, 5) is 33.7. The van der Waals surface area contributed by atoms with Crippen LogP contribution in [-0.4, -0.2) is 68.5 Å². The molecule has 2 amide bonds. The van der Waals surface area contributed by atoms with Gasteiger partial charge in [0.05, 0.1) is 18.5 Å². The van der Waals surface area contributed by atoms with Crippen molar-refractivity contribution in [3.8, 4) is 30.8 Å². The monoisotopic (exact) mass is 725 g/mol. The molecule has 0 aromatic rings. The molecule has 0 atom stereocenters. The number of nitriles is 1. The Kier molecular flexibility index (Phi) is 65.9. The molecule has 0 bridgehead atoms. The molecule has 0 aliphatic heterocycles. The van der Waals surface area contributed by atoms with Gasteiger partial charge in [-0.15, -0.1) is 24.4 Å². The standard InChI is InChI=1S/C14H26N2O2.C11H24N2O2.C3H3Cl.C2H3N.CH2O3.2K.H/c1-5-10-15-11-8-6-7-9-12-16-13(17)18-14(2,3)4;1-11(2,3)15-10(14)13-9-7-5-4-6-8-12;1-2-3-4;1-2-3;2-1-4-3;;;/h1,15H,6-12H2,2-4H3,(H,16,17);4-9,12H2,1-3H3,(H,13,14);1H,3H2;1H3;1,3H;;;/q;;;;;2*+1;-1/p-1. The average Bonchev–Trinajstić information content (AvgIpc) is 2.93. The van der Waals surface area contributed by atoms with Crippen molar-refractivity contribution in [3.05, 3.63) is 0 Å². The molecule has 0 aliphatic rings. The zero-order valence-electron chi connectivity index (χ0n) is 30.9. The number of nitrogens with two attached hydrogens (primary N) is 1.